The van der Waals surface area contributed by atoms with E-state index in [0.29, 0.717) is 5.56 Å². The number of carbonyl (C=O) groups is 1. The van der Waals surface area contributed by atoms with Gasteiger partial charge >= 0.3 is 0 Å². The van der Waals surface area contributed by atoms with E-state index in [4.69, 9.17) is 0 Å². The molecule has 0 saturated heterocycles. The maximum Gasteiger partial charge on any atom is 0.257 e. The fourth-order valence-corrected chi connectivity index (χ4v) is 2.79. The van der Waals surface area contributed by atoms with Gasteiger partial charge in [0.05, 0.1) is 5.56 Å². The van der Waals surface area contributed by atoms with Crippen LogP contribution in [0.25, 0.3) is 11.0 Å². The number of nitrogens with zero attached hydrogens (tertiary/aromatic N) is 2. The van der Waals surface area contributed by atoms with Gasteiger partial charge in [-0.25, -0.2) is 4.98 Å². The molecular formula is C18H19N3O. The molecule has 0 aliphatic rings. The van der Waals surface area contributed by atoms with Gasteiger partial charge in [-0.15, -0.1) is 0 Å². The monoisotopic (exact) mass is 293 g/mol. The zero-order chi connectivity index (χ0) is 15.7. The molecule has 2 aromatic heterocycles. The lowest BCUT2D eigenvalue weighted by Crippen LogP contribution is -2.11. The van der Waals surface area contributed by atoms with Crippen molar-refractivity contribution in [3.8, 4) is 0 Å². The highest BCUT2D eigenvalue weighted by Gasteiger charge is 2.15. The molecule has 3 rings (SSSR count). The molecule has 0 radical (unpaired) electrons. The number of carbonyl (C=O) groups excluding carboxylic acids is 1. The molecule has 22 heavy (non-hydrogen) atoms. The maximum atomic E-state index is 12.6. The van der Waals surface area contributed by atoms with Gasteiger partial charge in [-0.1, -0.05) is 6.07 Å². The summed E-state index contributed by atoms with van der Waals surface area (Å²) in [5, 5.41) is 3.87. The van der Waals surface area contributed by atoms with Crippen molar-refractivity contribution in [1.29, 1.82) is 0 Å². The molecule has 3 aromatic rings. The third-order valence-corrected chi connectivity index (χ3v) is 3.70. The Morgan fingerprint density at radius 1 is 1.23 bits per heavy atom. The minimum absolute atomic E-state index is 0.102. The van der Waals surface area contributed by atoms with Crippen molar-refractivity contribution in [3.63, 3.8) is 0 Å². The van der Waals surface area contributed by atoms with Crippen LogP contribution in [0.2, 0.25) is 0 Å². The summed E-state index contributed by atoms with van der Waals surface area (Å²) in [6.07, 6.45) is 3.62. The number of hydrogen-bond donors (Lipinski definition) is 1. The number of pyridine rings is 1. The van der Waals surface area contributed by atoms with E-state index in [-0.39, 0.29) is 5.91 Å². The van der Waals surface area contributed by atoms with Crippen molar-refractivity contribution >= 4 is 22.6 Å². The second kappa shape index (κ2) is 5.64. The Morgan fingerprint density at radius 2 is 1.95 bits per heavy atom. The normalized spacial score (nSPS) is 10.9. The lowest BCUT2D eigenvalue weighted by atomic mass is 10.1. The number of amides is 1. The SMILES string of the molecule is CCn1cc(C(=O)Nc2cc(C)cc(C)c2)c2cccnc21. The summed E-state index contributed by atoms with van der Waals surface area (Å²) in [5.41, 5.74) is 4.59. The van der Waals surface area contributed by atoms with E-state index in [1.54, 1.807) is 6.20 Å². The molecule has 0 spiro atoms. The minimum Gasteiger partial charge on any atom is -0.332 e. The molecule has 1 N–H and O–H groups in total. The van der Waals surface area contributed by atoms with E-state index in [1.165, 1.54) is 0 Å². The van der Waals surface area contributed by atoms with Crippen molar-refractivity contribution < 1.29 is 4.79 Å². The second-order valence-corrected chi connectivity index (χ2v) is 5.53. The van der Waals surface area contributed by atoms with Crippen LogP contribution in [0, 0.1) is 13.8 Å². The van der Waals surface area contributed by atoms with Crippen LogP contribution in [0.5, 0.6) is 0 Å². The van der Waals surface area contributed by atoms with Gasteiger partial charge in [0.15, 0.2) is 0 Å². The number of rotatable bonds is 3. The van der Waals surface area contributed by atoms with Crippen LogP contribution in [0.1, 0.15) is 28.4 Å². The molecule has 1 aromatic carbocycles. The number of anilines is 1. The van der Waals surface area contributed by atoms with Crippen molar-refractivity contribution in [2.24, 2.45) is 0 Å². The molecule has 4 heteroatoms. The fourth-order valence-electron chi connectivity index (χ4n) is 2.79. The van der Waals surface area contributed by atoms with Gasteiger partial charge in [-0.2, -0.15) is 0 Å². The first-order valence-electron chi connectivity index (χ1n) is 7.42. The van der Waals surface area contributed by atoms with E-state index < -0.39 is 0 Å². The molecule has 0 saturated carbocycles. The number of aryl methyl sites for hydroxylation is 3. The summed E-state index contributed by atoms with van der Waals surface area (Å²) in [4.78, 5) is 17.0. The standard InChI is InChI=1S/C18H19N3O/c1-4-21-11-16(15-6-5-7-19-17(15)21)18(22)20-14-9-12(2)8-13(3)10-14/h5-11H,4H2,1-3H3,(H,20,22). The van der Waals surface area contributed by atoms with Gasteiger partial charge in [0.25, 0.3) is 5.91 Å². The molecule has 0 bridgehead atoms. The van der Waals surface area contributed by atoms with Crippen molar-refractivity contribution in [2.75, 3.05) is 5.32 Å². The molecule has 0 aliphatic heterocycles. The third-order valence-electron chi connectivity index (χ3n) is 3.70. The predicted octanol–water partition coefficient (Wildman–Crippen LogP) is 3.93. The first-order chi connectivity index (χ1) is 10.6. The van der Waals surface area contributed by atoms with Crippen LogP contribution in [-0.2, 0) is 6.54 Å². The quantitative estimate of drug-likeness (QED) is 0.795. The molecule has 4 nitrogen and oxygen atoms in total. The molecule has 112 valence electrons. The topological polar surface area (TPSA) is 46.9 Å². The summed E-state index contributed by atoms with van der Waals surface area (Å²) in [6, 6.07) is 9.83. The van der Waals surface area contributed by atoms with Gasteiger partial charge in [-0.05, 0) is 56.2 Å². The fraction of sp³-hybridized carbons (Fsp3) is 0.222. The lowest BCUT2D eigenvalue weighted by Gasteiger charge is -2.07. The van der Waals surface area contributed by atoms with E-state index in [9.17, 15) is 4.79 Å². The largest absolute Gasteiger partial charge is 0.332 e. The van der Waals surface area contributed by atoms with Gasteiger partial charge in [0.1, 0.15) is 5.65 Å². The molecule has 1 amide bonds. The lowest BCUT2D eigenvalue weighted by molar-refractivity contribution is 0.102. The number of fused-ring (bicyclic) bond motifs is 1. The highest BCUT2D eigenvalue weighted by molar-refractivity contribution is 6.12. The van der Waals surface area contributed by atoms with Gasteiger partial charge < -0.3 is 9.88 Å². The van der Waals surface area contributed by atoms with Crippen LogP contribution in [-0.4, -0.2) is 15.5 Å². The summed E-state index contributed by atoms with van der Waals surface area (Å²) in [5.74, 6) is -0.102. The number of benzene rings is 1. The summed E-state index contributed by atoms with van der Waals surface area (Å²) in [6.45, 7) is 6.87. The zero-order valence-corrected chi connectivity index (χ0v) is 13.1. The van der Waals surface area contributed by atoms with Crippen LogP contribution in [0.15, 0.2) is 42.7 Å². The zero-order valence-electron chi connectivity index (χ0n) is 13.1. The van der Waals surface area contributed by atoms with Gasteiger partial charge in [-0.3, -0.25) is 4.79 Å². The predicted molar refractivity (Wildman–Crippen MR) is 89.3 cm³/mol. The van der Waals surface area contributed by atoms with E-state index in [2.05, 4.69) is 16.4 Å². The Hall–Kier alpha value is -2.62. The van der Waals surface area contributed by atoms with Crippen molar-refractivity contribution in [3.05, 3.63) is 59.4 Å². The van der Waals surface area contributed by atoms with Gasteiger partial charge in [0.2, 0.25) is 0 Å². The molecule has 0 fully saturated rings. The third kappa shape index (κ3) is 2.60. The first kappa shape index (κ1) is 14.3. The van der Waals surface area contributed by atoms with Crippen molar-refractivity contribution in [1.82, 2.24) is 9.55 Å². The number of aromatic nitrogens is 2. The van der Waals surface area contributed by atoms with Gasteiger partial charge in [0, 0.05) is 30.0 Å². The molecule has 0 aliphatic carbocycles. The van der Waals surface area contributed by atoms with Crippen LogP contribution >= 0.6 is 0 Å². The average molecular weight is 293 g/mol. The highest BCUT2D eigenvalue weighted by Crippen LogP contribution is 2.21. The summed E-state index contributed by atoms with van der Waals surface area (Å²) in [7, 11) is 0. The smallest absolute Gasteiger partial charge is 0.257 e. The Morgan fingerprint density at radius 3 is 2.64 bits per heavy atom. The Kier molecular flexibility index (Phi) is 3.67. The average Bonchev–Trinajstić information content (AvgIpc) is 2.85. The molecule has 0 atom stereocenters. The van der Waals surface area contributed by atoms with E-state index >= 15 is 0 Å². The number of hydrogen-bond acceptors (Lipinski definition) is 2. The molecule has 2 heterocycles. The summed E-state index contributed by atoms with van der Waals surface area (Å²) < 4.78 is 1.99. The Bertz CT molecular complexity index is 828. The van der Waals surface area contributed by atoms with E-state index in [0.717, 1.165) is 34.4 Å². The van der Waals surface area contributed by atoms with E-state index in [1.807, 2.05) is 55.8 Å². The minimum atomic E-state index is -0.102. The summed E-state index contributed by atoms with van der Waals surface area (Å²) >= 11 is 0. The van der Waals surface area contributed by atoms with Crippen LogP contribution < -0.4 is 5.32 Å². The first-order valence-corrected chi connectivity index (χ1v) is 7.42. The number of nitrogens with one attached hydrogen (secondary N) is 1. The van der Waals surface area contributed by atoms with Crippen molar-refractivity contribution in [2.45, 2.75) is 27.3 Å². The van der Waals surface area contributed by atoms with Crippen LogP contribution in [0.3, 0.4) is 0 Å². The second-order valence-electron chi connectivity index (χ2n) is 5.53. The Balaban J connectivity index is 1.98. The molecular weight excluding hydrogens is 274 g/mol. The highest BCUT2D eigenvalue weighted by atomic mass is 16.1. The van der Waals surface area contributed by atoms with Crippen LogP contribution in [0.4, 0.5) is 5.69 Å². The maximum absolute atomic E-state index is 12.6. The molecule has 0 unspecified atom stereocenters. The Labute approximate surface area is 129 Å².